The van der Waals surface area contributed by atoms with Gasteiger partial charge in [0, 0.05) is 23.7 Å². The number of aliphatic hydroxyl groups excluding tert-OH is 1. The number of para-hydroxylation sites is 1. The van der Waals surface area contributed by atoms with Crippen LogP contribution in [0.3, 0.4) is 0 Å². The fourth-order valence-electron chi connectivity index (χ4n) is 3.26. The molecule has 0 aliphatic heterocycles. The SMILES string of the molecule is C[C@H](O)CNC(=O)c1cnc2c(C3=CC[C@@H](C(F)(F)F)CC3)cccc2c1. The van der Waals surface area contributed by atoms with Crippen LogP contribution >= 0.6 is 0 Å². The number of nitrogens with one attached hydrogen (secondary N) is 1. The quantitative estimate of drug-likeness (QED) is 0.842. The Labute approximate surface area is 155 Å². The Morgan fingerprint density at radius 3 is 2.81 bits per heavy atom. The molecule has 2 aromatic rings. The minimum absolute atomic E-state index is 0.0188. The molecule has 4 nitrogen and oxygen atoms in total. The maximum Gasteiger partial charge on any atom is 0.392 e. The third-order valence-corrected chi connectivity index (χ3v) is 4.75. The Balaban J connectivity index is 1.86. The number of hydrogen-bond acceptors (Lipinski definition) is 3. The second-order valence-electron chi connectivity index (χ2n) is 6.90. The molecule has 1 aliphatic carbocycles. The van der Waals surface area contributed by atoms with Crippen molar-refractivity contribution in [3.05, 3.63) is 47.7 Å². The van der Waals surface area contributed by atoms with Gasteiger partial charge in [0.05, 0.1) is 23.1 Å². The van der Waals surface area contributed by atoms with Crippen LogP contribution in [0.1, 0.15) is 42.1 Å². The number of amides is 1. The van der Waals surface area contributed by atoms with Gasteiger partial charge in [0.15, 0.2) is 0 Å². The average molecular weight is 378 g/mol. The number of allylic oxidation sites excluding steroid dienone is 2. The van der Waals surface area contributed by atoms with Gasteiger partial charge in [-0.15, -0.1) is 0 Å². The first-order chi connectivity index (χ1) is 12.8. The molecule has 1 aliphatic rings. The molecule has 0 saturated carbocycles. The number of halogens is 3. The number of nitrogens with zero attached hydrogens (tertiary/aromatic N) is 1. The Hall–Kier alpha value is -2.41. The van der Waals surface area contributed by atoms with E-state index in [4.69, 9.17) is 0 Å². The zero-order chi connectivity index (χ0) is 19.6. The third kappa shape index (κ3) is 4.47. The summed E-state index contributed by atoms with van der Waals surface area (Å²) in [5.41, 5.74) is 2.71. The van der Waals surface area contributed by atoms with E-state index in [1.165, 1.54) is 6.20 Å². The first-order valence-electron chi connectivity index (χ1n) is 8.87. The predicted molar refractivity (Wildman–Crippen MR) is 97.1 cm³/mol. The second kappa shape index (κ2) is 7.68. The molecule has 0 unspecified atom stereocenters. The summed E-state index contributed by atoms with van der Waals surface area (Å²) in [4.78, 5) is 16.5. The van der Waals surface area contributed by atoms with Crippen molar-refractivity contribution in [2.45, 2.75) is 38.5 Å². The van der Waals surface area contributed by atoms with Gasteiger partial charge in [0.1, 0.15) is 0 Å². The molecule has 3 rings (SSSR count). The molecule has 1 aromatic carbocycles. The Morgan fingerprint density at radius 2 is 2.19 bits per heavy atom. The van der Waals surface area contributed by atoms with Crippen molar-refractivity contribution in [1.82, 2.24) is 10.3 Å². The highest BCUT2D eigenvalue weighted by molar-refractivity contribution is 5.99. The first-order valence-corrected chi connectivity index (χ1v) is 8.87. The predicted octanol–water partition coefficient (Wildman–Crippen LogP) is 4.09. The fourth-order valence-corrected chi connectivity index (χ4v) is 3.26. The van der Waals surface area contributed by atoms with Crippen molar-refractivity contribution in [3.63, 3.8) is 0 Å². The number of rotatable bonds is 4. The molecular formula is C20H21F3N2O2. The summed E-state index contributed by atoms with van der Waals surface area (Å²) in [5.74, 6) is -1.62. The summed E-state index contributed by atoms with van der Waals surface area (Å²) in [7, 11) is 0. The van der Waals surface area contributed by atoms with Crippen LogP contribution in [0, 0.1) is 5.92 Å². The van der Waals surface area contributed by atoms with Gasteiger partial charge in [0.2, 0.25) is 0 Å². The zero-order valence-electron chi connectivity index (χ0n) is 14.9. The zero-order valence-corrected chi connectivity index (χ0v) is 14.9. The van der Waals surface area contributed by atoms with E-state index in [-0.39, 0.29) is 25.3 Å². The molecule has 144 valence electrons. The smallest absolute Gasteiger partial charge is 0.392 e. The molecule has 0 spiro atoms. The number of carbonyl (C=O) groups is 1. The minimum Gasteiger partial charge on any atom is -0.392 e. The fraction of sp³-hybridized carbons (Fsp3) is 0.400. The monoisotopic (exact) mass is 378 g/mol. The largest absolute Gasteiger partial charge is 0.392 e. The molecule has 0 radical (unpaired) electrons. The summed E-state index contributed by atoms with van der Waals surface area (Å²) in [6.07, 6.45) is -1.30. The standard InChI is InChI=1S/C20H21F3N2O2/c1-12(26)10-25-19(27)15-9-14-3-2-4-17(18(14)24-11-15)13-5-7-16(8-6-13)20(21,22)23/h2-5,9,11-12,16,26H,6-8,10H2,1H3,(H,25,27)/t12-,16+/m0/s1. The second-order valence-corrected chi connectivity index (χ2v) is 6.90. The third-order valence-electron chi connectivity index (χ3n) is 4.75. The van der Waals surface area contributed by atoms with Crippen molar-refractivity contribution >= 4 is 22.4 Å². The van der Waals surface area contributed by atoms with Crippen molar-refractivity contribution in [1.29, 1.82) is 0 Å². The lowest BCUT2D eigenvalue weighted by molar-refractivity contribution is -0.175. The average Bonchev–Trinajstić information content (AvgIpc) is 2.64. The van der Waals surface area contributed by atoms with E-state index in [0.717, 1.165) is 16.5 Å². The van der Waals surface area contributed by atoms with Gasteiger partial charge >= 0.3 is 6.18 Å². The van der Waals surface area contributed by atoms with Crippen LogP contribution in [0.5, 0.6) is 0 Å². The minimum atomic E-state index is -4.16. The Kier molecular flexibility index (Phi) is 5.51. The van der Waals surface area contributed by atoms with E-state index in [9.17, 15) is 23.1 Å². The van der Waals surface area contributed by atoms with Crippen LogP contribution in [0.2, 0.25) is 0 Å². The molecule has 1 aromatic heterocycles. The maximum absolute atomic E-state index is 12.9. The van der Waals surface area contributed by atoms with Crippen molar-refractivity contribution in [2.75, 3.05) is 6.54 Å². The summed E-state index contributed by atoms with van der Waals surface area (Å²) < 4.78 is 38.6. The number of alkyl halides is 3. The first kappa shape index (κ1) is 19.4. The lowest BCUT2D eigenvalue weighted by Gasteiger charge is -2.24. The number of pyridine rings is 1. The van der Waals surface area contributed by atoms with Gasteiger partial charge in [-0.2, -0.15) is 13.2 Å². The molecule has 0 bridgehead atoms. The molecule has 0 fully saturated rings. The van der Waals surface area contributed by atoms with E-state index >= 15 is 0 Å². The normalized spacial score (nSPS) is 18.9. The van der Waals surface area contributed by atoms with E-state index in [2.05, 4.69) is 10.3 Å². The molecule has 7 heteroatoms. The van der Waals surface area contributed by atoms with Gasteiger partial charge in [0.25, 0.3) is 5.91 Å². The van der Waals surface area contributed by atoms with Crippen LogP contribution in [-0.4, -0.2) is 34.8 Å². The van der Waals surface area contributed by atoms with Crippen LogP contribution < -0.4 is 5.32 Å². The van der Waals surface area contributed by atoms with Gasteiger partial charge in [-0.25, -0.2) is 0 Å². The van der Waals surface area contributed by atoms with Crippen molar-refractivity contribution in [3.8, 4) is 0 Å². The molecule has 27 heavy (non-hydrogen) atoms. The van der Waals surface area contributed by atoms with E-state index in [0.29, 0.717) is 17.5 Å². The van der Waals surface area contributed by atoms with Crippen LogP contribution in [-0.2, 0) is 0 Å². The molecule has 1 heterocycles. The molecule has 2 atom stereocenters. The van der Waals surface area contributed by atoms with Gasteiger partial charge in [-0.1, -0.05) is 24.3 Å². The molecule has 2 N–H and O–H groups in total. The molecule has 1 amide bonds. The van der Waals surface area contributed by atoms with Gasteiger partial charge < -0.3 is 10.4 Å². The number of benzene rings is 1. The number of fused-ring (bicyclic) bond motifs is 1. The number of hydrogen-bond donors (Lipinski definition) is 2. The van der Waals surface area contributed by atoms with Crippen molar-refractivity contribution < 1.29 is 23.1 Å². The number of carbonyl (C=O) groups excluding carboxylic acids is 1. The van der Waals surface area contributed by atoms with Gasteiger partial charge in [-0.3, -0.25) is 9.78 Å². The van der Waals surface area contributed by atoms with Gasteiger partial charge in [-0.05, 0) is 37.8 Å². The summed E-state index contributed by atoms with van der Waals surface area (Å²) in [6, 6.07) is 7.18. The number of aromatic nitrogens is 1. The van der Waals surface area contributed by atoms with Crippen LogP contribution in [0.15, 0.2) is 36.5 Å². The highest BCUT2D eigenvalue weighted by Gasteiger charge is 2.39. The summed E-state index contributed by atoms with van der Waals surface area (Å²) >= 11 is 0. The summed E-state index contributed by atoms with van der Waals surface area (Å²) in [5, 5.41) is 12.6. The highest BCUT2D eigenvalue weighted by Crippen LogP contribution is 2.40. The Bertz CT molecular complexity index is 875. The van der Waals surface area contributed by atoms with E-state index in [1.54, 1.807) is 19.1 Å². The summed E-state index contributed by atoms with van der Waals surface area (Å²) in [6.45, 7) is 1.72. The Morgan fingerprint density at radius 1 is 1.41 bits per heavy atom. The van der Waals surface area contributed by atoms with Crippen LogP contribution in [0.25, 0.3) is 16.5 Å². The van der Waals surface area contributed by atoms with E-state index in [1.807, 2.05) is 18.2 Å². The maximum atomic E-state index is 12.9. The van der Waals surface area contributed by atoms with Crippen LogP contribution in [0.4, 0.5) is 13.2 Å². The number of aliphatic hydroxyl groups is 1. The lowest BCUT2D eigenvalue weighted by Crippen LogP contribution is -2.30. The lowest BCUT2D eigenvalue weighted by atomic mass is 9.85. The molecule has 0 saturated heterocycles. The van der Waals surface area contributed by atoms with Crippen molar-refractivity contribution in [2.24, 2.45) is 5.92 Å². The van der Waals surface area contributed by atoms with E-state index < -0.39 is 18.2 Å². The topological polar surface area (TPSA) is 62.2 Å². The molecular weight excluding hydrogens is 357 g/mol. The highest BCUT2D eigenvalue weighted by atomic mass is 19.4.